The van der Waals surface area contributed by atoms with Gasteiger partial charge in [0, 0.05) is 0 Å². The van der Waals surface area contributed by atoms with Crippen LogP contribution >= 0.6 is 0 Å². The highest BCUT2D eigenvalue weighted by atomic mass is 32.2. The number of sulfonamides is 1. The highest BCUT2D eigenvalue weighted by molar-refractivity contribution is 7.89. The molecule has 0 saturated carbocycles. The first-order chi connectivity index (χ1) is 7.45. The van der Waals surface area contributed by atoms with Crippen LogP contribution in [0.3, 0.4) is 0 Å². The molecule has 88 valence electrons. The molecule has 16 heavy (non-hydrogen) atoms. The Morgan fingerprint density at radius 3 is 2.38 bits per heavy atom. The van der Waals surface area contributed by atoms with Crippen molar-refractivity contribution in [1.82, 2.24) is 4.72 Å². The number of benzene rings is 1. The van der Waals surface area contributed by atoms with Crippen LogP contribution in [0.1, 0.15) is 0 Å². The van der Waals surface area contributed by atoms with Crippen molar-refractivity contribution in [2.24, 2.45) is 0 Å². The van der Waals surface area contributed by atoms with Crippen molar-refractivity contribution in [1.29, 1.82) is 0 Å². The summed E-state index contributed by atoms with van der Waals surface area (Å²) in [5.74, 6) is -0.976. The molecule has 7 heteroatoms. The van der Waals surface area contributed by atoms with Gasteiger partial charge in [0.1, 0.15) is 5.75 Å². The third kappa shape index (κ3) is 3.21. The summed E-state index contributed by atoms with van der Waals surface area (Å²) in [7, 11) is -2.35. The molecule has 0 heterocycles. The number of hydrogen-bond donors (Lipinski definition) is 1. The van der Waals surface area contributed by atoms with E-state index in [-0.39, 0.29) is 4.90 Å². The smallest absolute Gasteiger partial charge is 0.240 e. The maximum atomic E-state index is 11.5. The van der Waals surface area contributed by atoms with E-state index >= 15 is 0 Å². The quantitative estimate of drug-likeness (QED) is 0.696. The van der Waals surface area contributed by atoms with E-state index in [0.717, 1.165) is 0 Å². The zero-order chi connectivity index (χ0) is 12.2. The fraction of sp³-hybridized carbons (Fsp3) is 0.222. The van der Waals surface area contributed by atoms with Gasteiger partial charge in [0.25, 0.3) is 0 Å². The average Bonchev–Trinajstić information content (AvgIpc) is 2.27. The fourth-order valence-electron chi connectivity index (χ4n) is 0.992. The van der Waals surface area contributed by atoms with Crippen molar-refractivity contribution in [3.63, 3.8) is 0 Å². The number of methoxy groups -OCH3 is 1. The molecule has 1 N–H and O–H groups in total. The lowest BCUT2D eigenvalue weighted by molar-refractivity contribution is -0.303. The fourth-order valence-corrected chi connectivity index (χ4v) is 1.96. The number of carbonyl (C=O) groups excluding carboxylic acids is 1. The second kappa shape index (κ2) is 4.95. The van der Waals surface area contributed by atoms with Crippen LogP contribution in [0.5, 0.6) is 5.75 Å². The van der Waals surface area contributed by atoms with Crippen LogP contribution in [0.15, 0.2) is 29.2 Å². The lowest BCUT2D eigenvalue weighted by Crippen LogP contribution is -2.37. The molecule has 1 aromatic carbocycles. The topological polar surface area (TPSA) is 95.5 Å². The lowest BCUT2D eigenvalue weighted by Gasteiger charge is -2.07. The van der Waals surface area contributed by atoms with Gasteiger partial charge in [-0.05, 0) is 24.3 Å². The predicted octanol–water partition coefficient (Wildman–Crippen LogP) is -1.28. The van der Waals surface area contributed by atoms with Crippen molar-refractivity contribution < 1.29 is 23.1 Å². The zero-order valence-electron chi connectivity index (χ0n) is 8.47. The summed E-state index contributed by atoms with van der Waals surface area (Å²) in [5.41, 5.74) is 0. The second-order valence-corrected chi connectivity index (χ2v) is 4.64. The molecule has 1 aromatic rings. The summed E-state index contributed by atoms with van der Waals surface area (Å²) >= 11 is 0. The molecule has 0 spiro atoms. The Kier molecular flexibility index (Phi) is 3.86. The first kappa shape index (κ1) is 12.5. The molecule has 0 aliphatic rings. The zero-order valence-corrected chi connectivity index (χ0v) is 9.28. The Hall–Kier alpha value is -1.60. The minimum atomic E-state index is -3.81. The average molecular weight is 244 g/mol. The SMILES string of the molecule is COc1ccc(S(=O)(=O)NCC(=O)[O-])cc1. The molecule has 0 bridgehead atoms. The minimum absolute atomic E-state index is 0.0328. The van der Waals surface area contributed by atoms with Crippen LogP contribution in [0.4, 0.5) is 0 Å². The monoisotopic (exact) mass is 244 g/mol. The number of carboxylic acids is 1. The molecule has 0 aliphatic carbocycles. The normalized spacial score (nSPS) is 11.1. The first-order valence-electron chi connectivity index (χ1n) is 4.29. The summed E-state index contributed by atoms with van der Waals surface area (Å²) in [6, 6.07) is 5.56. The van der Waals surface area contributed by atoms with Gasteiger partial charge in [-0.25, -0.2) is 13.1 Å². The Morgan fingerprint density at radius 2 is 1.94 bits per heavy atom. The summed E-state index contributed by atoms with van der Waals surface area (Å²) in [6.45, 7) is -0.756. The Morgan fingerprint density at radius 1 is 1.38 bits per heavy atom. The van der Waals surface area contributed by atoms with Crippen LogP contribution in [0.2, 0.25) is 0 Å². The van der Waals surface area contributed by atoms with E-state index in [0.29, 0.717) is 5.75 Å². The van der Waals surface area contributed by atoms with Crippen molar-refractivity contribution in [2.45, 2.75) is 4.90 Å². The van der Waals surface area contributed by atoms with Crippen LogP contribution in [0, 0.1) is 0 Å². The van der Waals surface area contributed by atoms with Gasteiger partial charge in [-0.15, -0.1) is 0 Å². The number of aliphatic carboxylic acids is 1. The molecule has 0 aliphatic heterocycles. The molecular weight excluding hydrogens is 234 g/mol. The summed E-state index contributed by atoms with van der Waals surface area (Å²) in [4.78, 5) is 10.1. The number of nitrogens with one attached hydrogen (secondary N) is 1. The van der Waals surface area contributed by atoms with E-state index in [1.54, 1.807) is 0 Å². The molecule has 6 nitrogen and oxygen atoms in total. The molecule has 1 rings (SSSR count). The van der Waals surface area contributed by atoms with Gasteiger partial charge >= 0.3 is 0 Å². The highest BCUT2D eigenvalue weighted by Crippen LogP contribution is 2.14. The van der Waals surface area contributed by atoms with E-state index in [1.807, 2.05) is 4.72 Å². The maximum absolute atomic E-state index is 11.5. The lowest BCUT2D eigenvalue weighted by atomic mass is 10.3. The van der Waals surface area contributed by atoms with Crippen LogP contribution in [-0.2, 0) is 14.8 Å². The van der Waals surface area contributed by atoms with Gasteiger partial charge in [-0.3, -0.25) is 0 Å². The molecule has 0 aromatic heterocycles. The van der Waals surface area contributed by atoms with E-state index < -0.39 is 22.5 Å². The van der Waals surface area contributed by atoms with Gasteiger partial charge < -0.3 is 14.6 Å². The van der Waals surface area contributed by atoms with Crippen LogP contribution < -0.4 is 14.6 Å². The van der Waals surface area contributed by atoms with Crippen molar-refractivity contribution in [3.8, 4) is 5.75 Å². The molecule has 0 fully saturated rings. The van der Waals surface area contributed by atoms with Gasteiger partial charge in [-0.2, -0.15) is 0 Å². The second-order valence-electron chi connectivity index (χ2n) is 2.87. The summed E-state index contributed by atoms with van der Waals surface area (Å²) in [6.07, 6.45) is 0. The standard InChI is InChI=1S/C9H11NO5S/c1-15-7-2-4-8(5-3-7)16(13,14)10-6-9(11)12/h2-5,10H,6H2,1H3,(H,11,12)/p-1. The largest absolute Gasteiger partial charge is 0.549 e. The van der Waals surface area contributed by atoms with Gasteiger partial charge in [0.05, 0.1) is 24.5 Å². The van der Waals surface area contributed by atoms with Crippen molar-refractivity contribution in [3.05, 3.63) is 24.3 Å². The maximum Gasteiger partial charge on any atom is 0.240 e. The number of carboxylic acid groups (broad SMARTS) is 1. The van der Waals surface area contributed by atoms with Crippen molar-refractivity contribution in [2.75, 3.05) is 13.7 Å². The minimum Gasteiger partial charge on any atom is -0.549 e. The Labute approximate surface area is 92.9 Å². The van der Waals surface area contributed by atoms with E-state index in [1.165, 1.54) is 31.4 Å². The summed E-state index contributed by atoms with van der Waals surface area (Å²) < 4.78 is 29.7. The number of hydrogen-bond acceptors (Lipinski definition) is 5. The predicted molar refractivity (Wildman–Crippen MR) is 53.2 cm³/mol. The third-order valence-electron chi connectivity index (χ3n) is 1.78. The first-order valence-corrected chi connectivity index (χ1v) is 5.77. The molecule has 0 radical (unpaired) electrons. The van der Waals surface area contributed by atoms with Gasteiger partial charge in [-0.1, -0.05) is 0 Å². The molecule has 0 unspecified atom stereocenters. The van der Waals surface area contributed by atoms with Crippen molar-refractivity contribution >= 4 is 16.0 Å². The van der Waals surface area contributed by atoms with E-state index in [4.69, 9.17) is 4.74 Å². The van der Waals surface area contributed by atoms with Crippen LogP contribution in [0.25, 0.3) is 0 Å². The molecule has 0 atom stereocenters. The van der Waals surface area contributed by atoms with E-state index in [9.17, 15) is 18.3 Å². The highest BCUT2D eigenvalue weighted by Gasteiger charge is 2.12. The summed E-state index contributed by atoms with van der Waals surface area (Å²) in [5, 5.41) is 10.1. The number of ether oxygens (including phenoxy) is 1. The van der Waals surface area contributed by atoms with E-state index in [2.05, 4.69) is 0 Å². The third-order valence-corrected chi connectivity index (χ3v) is 3.19. The molecular formula is C9H10NO5S-. The Balaban J connectivity index is 2.85. The van der Waals surface area contributed by atoms with Gasteiger partial charge in [0.15, 0.2) is 0 Å². The van der Waals surface area contributed by atoms with Gasteiger partial charge in [0.2, 0.25) is 10.0 Å². The number of carbonyl (C=O) groups is 1. The van der Waals surface area contributed by atoms with Crippen LogP contribution in [-0.4, -0.2) is 28.0 Å². The number of rotatable bonds is 5. The Bertz CT molecular complexity index is 465. The molecule has 0 saturated heterocycles. The molecule has 0 amide bonds.